The van der Waals surface area contributed by atoms with Gasteiger partial charge in [-0.2, -0.15) is 0 Å². The van der Waals surface area contributed by atoms with Crippen molar-refractivity contribution in [1.29, 1.82) is 0 Å². The fourth-order valence-electron chi connectivity index (χ4n) is 3.44. The lowest BCUT2D eigenvalue weighted by atomic mass is 9.99. The Morgan fingerprint density at radius 1 is 1.40 bits per heavy atom. The Kier molecular flexibility index (Phi) is 5.27. The number of hydrogen-bond donors (Lipinski definition) is 1. The van der Waals surface area contributed by atoms with Crippen LogP contribution >= 0.6 is 0 Å². The number of rotatable bonds is 5. The quantitative estimate of drug-likeness (QED) is 0.845. The number of ether oxygens (including phenoxy) is 1. The number of furan rings is 1. The van der Waals surface area contributed by atoms with Crippen LogP contribution in [0.15, 0.2) is 28.9 Å². The van der Waals surface area contributed by atoms with Crippen molar-refractivity contribution in [3.8, 4) is 11.8 Å². The maximum absolute atomic E-state index is 10.6. The number of nitrogens with zero attached hydrogens (tertiary/aromatic N) is 2. The van der Waals surface area contributed by atoms with Gasteiger partial charge >= 0.3 is 6.07 Å². The van der Waals surface area contributed by atoms with Gasteiger partial charge in [0.25, 0.3) is 0 Å². The number of hydrogen-bond acceptors (Lipinski definition) is 5. The van der Waals surface area contributed by atoms with Gasteiger partial charge in [-0.25, -0.2) is 0 Å². The van der Waals surface area contributed by atoms with E-state index in [0.717, 1.165) is 47.8 Å². The molecule has 0 aliphatic carbocycles. The number of nitrogens with one attached hydrogen (secondary N) is 1. The minimum atomic E-state index is 0.0929. The van der Waals surface area contributed by atoms with Crippen LogP contribution in [-0.2, 0) is 0 Å². The Balaban J connectivity index is 1.68. The topological polar surface area (TPSA) is 65.1 Å². The van der Waals surface area contributed by atoms with Crippen LogP contribution in [0.5, 0.6) is 5.75 Å². The van der Waals surface area contributed by atoms with Crippen molar-refractivity contribution in [1.82, 2.24) is 10.2 Å². The molecular formula is C19H23N3O3. The Morgan fingerprint density at radius 2 is 2.24 bits per heavy atom. The zero-order chi connectivity index (χ0) is 17.8. The van der Waals surface area contributed by atoms with Crippen molar-refractivity contribution in [2.45, 2.75) is 26.9 Å². The lowest BCUT2D eigenvalue weighted by Crippen LogP contribution is -2.31. The van der Waals surface area contributed by atoms with Crippen LogP contribution in [0.1, 0.15) is 34.2 Å². The second-order valence-electron chi connectivity index (χ2n) is 6.30. The summed E-state index contributed by atoms with van der Waals surface area (Å²) in [5.41, 5.74) is 3.64. The van der Waals surface area contributed by atoms with Gasteiger partial charge in [-0.15, -0.1) is 0 Å². The predicted molar refractivity (Wildman–Crippen MR) is 96.9 cm³/mol. The van der Waals surface area contributed by atoms with Crippen molar-refractivity contribution >= 4 is 0 Å². The third kappa shape index (κ3) is 3.63. The molecule has 25 heavy (non-hydrogen) atoms. The van der Waals surface area contributed by atoms with Gasteiger partial charge < -0.3 is 14.4 Å². The van der Waals surface area contributed by atoms with Crippen LogP contribution in [0.4, 0.5) is 0 Å². The monoisotopic (exact) mass is 341 g/mol. The first-order valence-corrected chi connectivity index (χ1v) is 8.44. The normalized spacial score (nSPS) is 17.3. The molecule has 0 bridgehead atoms. The highest BCUT2D eigenvalue weighted by molar-refractivity contribution is 5.55. The largest absolute Gasteiger partial charge is 0.498 e. The predicted octanol–water partition coefficient (Wildman–Crippen LogP) is 3.37. The maximum Gasteiger partial charge on any atom is 0.337 e. The van der Waals surface area contributed by atoms with E-state index in [2.05, 4.69) is 21.3 Å². The van der Waals surface area contributed by atoms with Crippen molar-refractivity contribution in [3.63, 3.8) is 0 Å². The number of benzene rings is 1. The zero-order valence-electron chi connectivity index (χ0n) is 14.8. The highest BCUT2D eigenvalue weighted by atomic mass is 16.5. The zero-order valence-corrected chi connectivity index (χ0v) is 14.8. The molecule has 1 N–H and O–H groups in total. The first-order valence-electron chi connectivity index (χ1n) is 8.44. The van der Waals surface area contributed by atoms with E-state index in [1.165, 1.54) is 0 Å². The molecule has 0 amide bonds. The summed E-state index contributed by atoms with van der Waals surface area (Å²) < 4.78 is 11.6. The van der Waals surface area contributed by atoms with Gasteiger partial charge in [-0.3, -0.25) is 10.2 Å². The van der Waals surface area contributed by atoms with E-state index in [4.69, 9.17) is 9.15 Å². The second kappa shape index (κ2) is 7.60. The number of aryl methyl sites for hydroxylation is 2. The molecule has 0 spiro atoms. The van der Waals surface area contributed by atoms with Gasteiger partial charge in [0, 0.05) is 30.2 Å². The van der Waals surface area contributed by atoms with E-state index in [9.17, 15) is 5.21 Å². The molecule has 132 valence electrons. The molecule has 1 aromatic heterocycles. The first kappa shape index (κ1) is 17.3. The molecule has 1 aliphatic rings. The summed E-state index contributed by atoms with van der Waals surface area (Å²) in [6, 6.07) is 8.41. The smallest absolute Gasteiger partial charge is 0.337 e. The van der Waals surface area contributed by atoms with Crippen LogP contribution < -0.4 is 10.1 Å². The molecule has 1 fully saturated rings. The fourth-order valence-corrected chi connectivity index (χ4v) is 3.44. The molecule has 1 aliphatic heterocycles. The summed E-state index contributed by atoms with van der Waals surface area (Å²) in [5.74, 6) is 1.72. The lowest BCUT2D eigenvalue weighted by molar-refractivity contribution is 0.174. The van der Waals surface area contributed by atoms with E-state index < -0.39 is 0 Å². The van der Waals surface area contributed by atoms with Crippen molar-refractivity contribution in [3.05, 3.63) is 62.7 Å². The molecule has 0 radical (unpaired) electrons. The molecule has 2 aromatic rings. The van der Waals surface area contributed by atoms with Gasteiger partial charge in [0.05, 0.1) is 6.26 Å². The van der Waals surface area contributed by atoms with Gasteiger partial charge in [-0.05, 0) is 44.0 Å². The van der Waals surface area contributed by atoms with Crippen LogP contribution in [0.3, 0.4) is 0 Å². The molecular weight excluding hydrogens is 318 g/mol. The first-order chi connectivity index (χ1) is 12.1. The summed E-state index contributed by atoms with van der Waals surface area (Å²) >= 11 is 0. The van der Waals surface area contributed by atoms with E-state index in [0.29, 0.717) is 12.2 Å². The lowest BCUT2D eigenvalue weighted by Gasteiger charge is -2.23. The molecule has 6 nitrogen and oxygen atoms in total. The molecule has 1 aromatic carbocycles. The van der Waals surface area contributed by atoms with Crippen LogP contribution in [0, 0.1) is 32.0 Å². The average Bonchev–Trinajstić information content (AvgIpc) is 3.25. The maximum atomic E-state index is 10.6. The van der Waals surface area contributed by atoms with Gasteiger partial charge in [0.2, 0.25) is 0 Å². The Morgan fingerprint density at radius 3 is 2.96 bits per heavy atom. The molecule has 3 rings (SSSR count). The summed E-state index contributed by atoms with van der Waals surface area (Å²) in [5, 5.41) is 16.8. The molecule has 0 saturated carbocycles. The molecule has 6 heteroatoms. The van der Waals surface area contributed by atoms with E-state index in [1.54, 1.807) is 6.26 Å². The second-order valence-corrected chi connectivity index (χ2v) is 6.30. The Labute approximate surface area is 147 Å². The summed E-state index contributed by atoms with van der Waals surface area (Å²) in [6.45, 7) is 9.09. The van der Waals surface area contributed by atoms with E-state index in [-0.39, 0.29) is 6.17 Å². The molecule has 1 unspecified atom stereocenters. The molecule has 1 saturated heterocycles. The van der Waals surface area contributed by atoms with Crippen LogP contribution in [-0.4, -0.2) is 31.1 Å². The Bertz CT molecular complexity index is 790. The Hall–Kier alpha value is -2.49. The minimum absolute atomic E-state index is 0.0929. The standard InChI is InChI=1S/C19H23N3O3/c1-13-11-14(2)18(15(3)16(13)12-21-23)25-10-8-22-7-6-20-19(22)17-5-4-9-24-17/h4-5,9,11,19-20H,6-8,10H2,1-3H3. The molecule has 1 atom stereocenters. The van der Waals surface area contributed by atoms with Crippen LogP contribution in [0.2, 0.25) is 0 Å². The third-order valence-electron chi connectivity index (χ3n) is 4.60. The summed E-state index contributed by atoms with van der Waals surface area (Å²) in [4.78, 5) is 2.30. The summed E-state index contributed by atoms with van der Waals surface area (Å²) in [7, 11) is 0. The summed E-state index contributed by atoms with van der Waals surface area (Å²) in [6.07, 6.45) is 1.79. The molecule has 2 heterocycles. The minimum Gasteiger partial charge on any atom is -0.498 e. The highest BCUT2D eigenvalue weighted by Gasteiger charge is 2.27. The van der Waals surface area contributed by atoms with Crippen molar-refractivity contribution in [2.24, 2.45) is 0 Å². The van der Waals surface area contributed by atoms with Crippen LogP contribution in [0.25, 0.3) is 5.01 Å². The van der Waals surface area contributed by atoms with Crippen molar-refractivity contribution < 1.29 is 9.15 Å². The van der Waals surface area contributed by atoms with Gasteiger partial charge in [0.15, 0.2) is 0 Å². The third-order valence-corrected chi connectivity index (χ3v) is 4.60. The van der Waals surface area contributed by atoms with Gasteiger partial charge in [0.1, 0.15) is 29.8 Å². The highest BCUT2D eigenvalue weighted by Crippen LogP contribution is 2.29. The van der Waals surface area contributed by atoms with Crippen molar-refractivity contribution in [2.75, 3.05) is 26.2 Å². The van der Waals surface area contributed by atoms with Gasteiger partial charge in [-0.1, -0.05) is 6.07 Å². The van der Waals surface area contributed by atoms with E-state index in [1.807, 2.05) is 39.0 Å². The average molecular weight is 341 g/mol. The SMILES string of the molecule is Cc1cc(C)c(OCCN2CCNC2c2ccco2)c(C)c1C#[N+][O-]. The fraction of sp³-hybridized carbons (Fsp3) is 0.421. The van der Waals surface area contributed by atoms with E-state index >= 15 is 0 Å².